The molecular weight excluding hydrogens is 269 g/mol. The Morgan fingerprint density at radius 1 is 1.33 bits per heavy atom. The zero-order valence-electron chi connectivity index (χ0n) is 12.4. The Bertz CT molecular complexity index is 693. The Morgan fingerprint density at radius 2 is 2.05 bits per heavy atom. The van der Waals surface area contributed by atoms with Crippen LogP contribution < -0.4 is 10.5 Å². The minimum Gasteiger partial charge on any atom is -0.472 e. The molecule has 1 aromatic heterocycles. The van der Waals surface area contributed by atoms with Gasteiger partial charge in [0.2, 0.25) is 5.88 Å². The zero-order chi connectivity index (χ0) is 15.6. The number of ether oxygens (including phenoxy) is 1. The van der Waals surface area contributed by atoms with Crippen LogP contribution in [0.25, 0.3) is 0 Å². The summed E-state index contributed by atoms with van der Waals surface area (Å²) in [5, 5.41) is 9.23. The summed E-state index contributed by atoms with van der Waals surface area (Å²) in [4.78, 5) is 0. The number of nitrogens with zero attached hydrogens (tertiary/aromatic N) is 2. The monoisotopic (exact) mass is 287 g/mol. The van der Waals surface area contributed by atoms with Gasteiger partial charge in [-0.3, -0.25) is 4.57 Å². The number of rotatable bonds is 3. The van der Waals surface area contributed by atoms with Gasteiger partial charge in [-0.05, 0) is 38.5 Å². The lowest BCUT2D eigenvalue weighted by molar-refractivity contribution is 0.119. The fourth-order valence-corrected chi connectivity index (χ4v) is 2.02. The highest BCUT2D eigenvalue weighted by molar-refractivity contribution is 5.55. The van der Waals surface area contributed by atoms with E-state index in [1.54, 1.807) is 22.8 Å². The lowest BCUT2D eigenvalue weighted by Gasteiger charge is -2.23. The van der Waals surface area contributed by atoms with Crippen molar-refractivity contribution < 1.29 is 9.13 Å². The molecule has 1 aromatic carbocycles. The molecule has 2 aromatic rings. The lowest BCUT2D eigenvalue weighted by atomic mass is 10.2. The predicted octanol–water partition coefficient (Wildman–Crippen LogP) is 3.31. The molecule has 0 saturated carbocycles. The van der Waals surface area contributed by atoms with Crippen LogP contribution in [0.5, 0.6) is 5.88 Å². The summed E-state index contributed by atoms with van der Waals surface area (Å²) < 4.78 is 20.8. The topological polar surface area (TPSA) is 64.0 Å². The van der Waals surface area contributed by atoms with Gasteiger partial charge in [0.15, 0.2) is 0 Å². The van der Waals surface area contributed by atoms with E-state index in [4.69, 9.17) is 10.5 Å². The Morgan fingerprint density at radius 3 is 2.62 bits per heavy atom. The summed E-state index contributed by atoms with van der Waals surface area (Å²) >= 11 is 0. The largest absolute Gasteiger partial charge is 0.472 e. The van der Waals surface area contributed by atoms with Crippen LogP contribution in [-0.4, -0.2) is 10.2 Å². The molecule has 0 unspecified atom stereocenters. The number of nitrogen functional groups attached to an aromatic ring is 1. The van der Waals surface area contributed by atoms with Crippen molar-refractivity contribution in [1.29, 1.82) is 5.26 Å². The molecule has 0 aliphatic rings. The lowest BCUT2D eigenvalue weighted by Crippen LogP contribution is -2.25. The van der Waals surface area contributed by atoms with E-state index in [1.165, 1.54) is 12.1 Å². The third kappa shape index (κ3) is 3.54. The average Bonchev–Trinajstić information content (AvgIpc) is 2.65. The predicted molar refractivity (Wildman–Crippen MR) is 79.4 cm³/mol. The standard InChI is InChI=1S/C16H18FN3O/c1-16(2,3)21-15-14(19)8-13(9-18)20(15)10-11-5-4-6-12(17)7-11/h4-8H,10,19H2,1-3H3. The van der Waals surface area contributed by atoms with Crippen molar-refractivity contribution in [2.24, 2.45) is 0 Å². The maximum Gasteiger partial charge on any atom is 0.219 e. The van der Waals surface area contributed by atoms with Crippen molar-refractivity contribution in [2.45, 2.75) is 32.9 Å². The van der Waals surface area contributed by atoms with Crippen LogP contribution in [0.3, 0.4) is 0 Å². The van der Waals surface area contributed by atoms with Gasteiger partial charge in [0.25, 0.3) is 0 Å². The molecule has 4 nitrogen and oxygen atoms in total. The molecule has 2 rings (SSSR count). The second-order valence-corrected chi connectivity index (χ2v) is 5.83. The highest BCUT2D eigenvalue weighted by atomic mass is 19.1. The molecule has 5 heteroatoms. The molecule has 0 amide bonds. The van der Waals surface area contributed by atoms with Crippen LogP contribution in [-0.2, 0) is 6.54 Å². The Hall–Kier alpha value is -2.48. The van der Waals surface area contributed by atoms with Gasteiger partial charge in [-0.25, -0.2) is 4.39 Å². The smallest absolute Gasteiger partial charge is 0.219 e. The van der Waals surface area contributed by atoms with Crippen molar-refractivity contribution in [3.63, 3.8) is 0 Å². The Labute approximate surface area is 123 Å². The fraction of sp³-hybridized carbons (Fsp3) is 0.312. The van der Waals surface area contributed by atoms with Crippen molar-refractivity contribution in [2.75, 3.05) is 5.73 Å². The Balaban J connectivity index is 2.44. The van der Waals surface area contributed by atoms with Crippen LogP contribution in [0.1, 0.15) is 32.0 Å². The van der Waals surface area contributed by atoms with Crippen LogP contribution in [0.2, 0.25) is 0 Å². The summed E-state index contributed by atoms with van der Waals surface area (Å²) in [7, 11) is 0. The molecule has 0 bridgehead atoms. The number of nitrogens with two attached hydrogens (primary N) is 1. The van der Waals surface area contributed by atoms with Crippen LogP contribution in [0.15, 0.2) is 30.3 Å². The van der Waals surface area contributed by atoms with E-state index < -0.39 is 5.60 Å². The van der Waals surface area contributed by atoms with Crippen molar-refractivity contribution >= 4 is 5.69 Å². The van der Waals surface area contributed by atoms with E-state index in [0.717, 1.165) is 5.56 Å². The summed E-state index contributed by atoms with van der Waals surface area (Å²) in [5.74, 6) is 0.118. The van der Waals surface area contributed by atoms with Gasteiger partial charge >= 0.3 is 0 Å². The quantitative estimate of drug-likeness (QED) is 0.942. The second kappa shape index (κ2) is 5.49. The number of nitriles is 1. The van der Waals surface area contributed by atoms with E-state index in [1.807, 2.05) is 20.8 Å². The van der Waals surface area contributed by atoms with Gasteiger partial charge < -0.3 is 10.5 Å². The fourth-order valence-electron chi connectivity index (χ4n) is 2.02. The minimum atomic E-state index is -0.446. The Kier molecular flexibility index (Phi) is 3.90. The summed E-state index contributed by atoms with van der Waals surface area (Å²) in [5.41, 5.74) is 7.01. The van der Waals surface area contributed by atoms with Gasteiger partial charge in [0, 0.05) is 6.07 Å². The molecule has 0 aliphatic carbocycles. The molecule has 0 atom stereocenters. The van der Waals surface area contributed by atoms with E-state index in [0.29, 0.717) is 23.8 Å². The number of hydrogen-bond donors (Lipinski definition) is 1. The third-order valence-corrected chi connectivity index (χ3v) is 2.82. The summed E-state index contributed by atoms with van der Waals surface area (Å²) in [6.07, 6.45) is 0. The first kappa shape index (κ1) is 14.9. The van der Waals surface area contributed by atoms with Crippen molar-refractivity contribution in [3.8, 4) is 11.9 Å². The molecule has 2 N–H and O–H groups in total. The third-order valence-electron chi connectivity index (χ3n) is 2.82. The number of benzene rings is 1. The van der Waals surface area contributed by atoms with E-state index in [2.05, 4.69) is 6.07 Å². The van der Waals surface area contributed by atoms with E-state index >= 15 is 0 Å². The summed E-state index contributed by atoms with van der Waals surface area (Å²) in [6, 6.07) is 9.89. The molecule has 21 heavy (non-hydrogen) atoms. The number of aromatic nitrogens is 1. The minimum absolute atomic E-state index is 0.315. The SMILES string of the molecule is CC(C)(C)Oc1c(N)cc(C#N)n1Cc1cccc(F)c1. The molecule has 0 fully saturated rings. The van der Waals surface area contributed by atoms with Gasteiger partial charge in [-0.1, -0.05) is 12.1 Å². The molecule has 1 heterocycles. The molecule has 0 radical (unpaired) electrons. The van der Waals surface area contributed by atoms with Gasteiger partial charge in [-0.15, -0.1) is 0 Å². The van der Waals surface area contributed by atoms with Crippen LogP contribution >= 0.6 is 0 Å². The first-order valence-corrected chi connectivity index (χ1v) is 6.63. The first-order chi connectivity index (χ1) is 9.80. The van der Waals surface area contributed by atoms with Gasteiger partial charge in [0.05, 0.1) is 12.2 Å². The number of anilines is 1. The second-order valence-electron chi connectivity index (χ2n) is 5.83. The molecule has 0 aliphatic heterocycles. The molecule has 0 spiro atoms. The van der Waals surface area contributed by atoms with E-state index in [-0.39, 0.29) is 5.82 Å². The van der Waals surface area contributed by atoms with Crippen molar-refractivity contribution in [3.05, 3.63) is 47.4 Å². The maximum atomic E-state index is 13.3. The first-order valence-electron chi connectivity index (χ1n) is 6.63. The molecule has 110 valence electrons. The normalized spacial score (nSPS) is 11.2. The van der Waals surface area contributed by atoms with Crippen LogP contribution in [0, 0.1) is 17.1 Å². The van der Waals surface area contributed by atoms with Gasteiger partial charge in [0.1, 0.15) is 23.2 Å². The van der Waals surface area contributed by atoms with Gasteiger partial charge in [-0.2, -0.15) is 5.26 Å². The highest BCUT2D eigenvalue weighted by Gasteiger charge is 2.20. The zero-order valence-corrected chi connectivity index (χ0v) is 12.4. The number of hydrogen-bond acceptors (Lipinski definition) is 3. The van der Waals surface area contributed by atoms with Crippen molar-refractivity contribution in [1.82, 2.24) is 4.57 Å². The summed E-state index contributed by atoms with van der Waals surface area (Å²) in [6.45, 7) is 6.03. The van der Waals surface area contributed by atoms with Crippen LogP contribution in [0.4, 0.5) is 10.1 Å². The molecule has 0 saturated heterocycles. The maximum absolute atomic E-state index is 13.3. The van der Waals surface area contributed by atoms with E-state index in [9.17, 15) is 9.65 Å². The molecular formula is C16H18FN3O. The number of halogens is 1. The average molecular weight is 287 g/mol. The highest BCUT2D eigenvalue weighted by Crippen LogP contribution is 2.30.